The molecule has 0 atom stereocenters. The van der Waals surface area contributed by atoms with Crippen LogP contribution in [0.3, 0.4) is 0 Å². The van der Waals surface area contributed by atoms with Gasteiger partial charge in [0.25, 0.3) is 0 Å². The average molecular weight is 353 g/mol. The molecule has 4 rings (SSSR count). The summed E-state index contributed by atoms with van der Waals surface area (Å²) in [6, 6.07) is 5.71. The van der Waals surface area contributed by atoms with E-state index in [0.29, 0.717) is 6.54 Å². The van der Waals surface area contributed by atoms with Gasteiger partial charge in [-0.1, -0.05) is 0 Å². The van der Waals surface area contributed by atoms with Crippen LogP contribution in [-0.4, -0.2) is 53.1 Å². The van der Waals surface area contributed by atoms with Gasteiger partial charge < -0.3 is 14.1 Å². The first kappa shape index (κ1) is 16.8. The number of hydrogen-bond donors (Lipinski definition) is 0. The molecule has 1 fully saturated rings. The summed E-state index contributed by atoms with van der Waals surface area (Å²) in [5.74, 6) is 2.58. The second-order valence-electron chi connectivity index (χ2n) is 6.61. The van der Waals surface area contributed by atoms with E-state index < -0.39 is 0 Å². The summed E-state index contributed by atoms with van der Waals surface area (Å²) in [6.07, 6.45) is 1.65. The van der Waals surface area contributed by atoms with E-state index in [1.807, 2.05) is 25.1 Å². The van der Waals surface area contributed by atoms with Crippen LogP contribution in [0, 0.1) is 13.8 Å². The Bertz CT molecular complexity index is 915. The smallest absolute Gasteiger partial charge is 0.209 e. The monoisotopic (exact) mass is 353 g/mol. The second kappa shape index (κ2) is 6.92. The minimum atomic E-state index is 0.715. The van der Waals surface area contributed by atoms with Crippen molar-refractivity contribution in [2.45, 2.75) is 20.4 Å². The molecule has 1 aromatic carbocycles. The fourth-order valence-corrected chi connectivity index (χ4v) is 3.30. The molecule has 7 nitrogen and oxygen atoms in total. The zero-order valence-corrected chi connectivity index (χ0v) is 15.4. The van der Waals surface area contributed by atoms with Crippen molar-refractivity contribution in [2.24, 2.45) is 0 Å². The van der Waals surface area contributed by atoms with Crippen LogP contribution < -0.4 is 9.64 Å². The third-order valence-electron chi connectivity index (χ3n) is 4.98. The number of benzene rings is 1. The van der Waals surface area contributed by atoms with Crippen LogP contribution in [0.25, 0.3) is 11.1 Å². The summed E-state index contributed by atoms with van der Waals surface area (Å²) in [4.78, 5) is 18.0. The highest BCUT2D eigenvalue weighted by atomic mass is 16.5. The summed E-state index contributed by atoms with van der Waals surface area (Å²) in [5.41, 5.74) is 3.84. The Kier molecular flexibility index (Phi) is 4.46. The quantitative estimate of drug-likeness (QED) is 0.714. The van der Waals surface area contributed by atoms with Gasteiger partial charge in [-0.2, -0.15) is 0 Å². The maximum Gasteiger partial charge on any atom is 0.209 e. The molecule has 0 unspecified atom stereocenters. The Morgan fingerprint density at radius 1 is 1.12 bits per heavy atom. The van der Waals surface area contributed by atoms with Crippen molar-refractivity contribution in [3.8, 4) is 5.75 Å². The maximum absolute atomic E-state index is 5.89. The van der Waals surface area contributed by atoms with Gasteiger partial charge in [0, 0.05) is 43.5 Å². The first-order valence-corrected chi connectivity index (χ1v) is 8.83. The van der Waals surface area contributed by atoms with Gasteiger partial charge >= 0.3 is 0 Å². The van der Waals surface area contributed by atoms with Crippen molar-refractivity contribution in [3.05, 3.63) is 41.7 Å². The van der Waals surface area contributed by atoms with Crippen LogP contribution >= 0.6 is 0 Å². The number of hydrogen-bond acceptors (Lipinski definition) is 7. The van der Waals surface area contributed by atoms with Crippen LogP contribution in [0.4, 0.5) is 5.82 Å². The van der Waals surface area contributed by atoms with Crippen LogP contribution in [0.5, 0.6) is 5.75 Å². The number of fused-ring (bicyclic) bond motifs is 1. The minimum absolute atomic E-state index is 0.715. The molecule has 3 aromatic rings. The fraction of sp³-hybridized carbons (Fsp3) is 0.421. The molecule has 0 bridgehead atoms. The van der Waals surface area contributed by atoms with E-state index in [0.717, 1.165) is 66.0 Å². The van der Waals surface area contributed by atoms with Crippen molar-refractivity contribution in [1.82, 2.24) is 19.9 Å². The highest BCUT2D eigenvalue weighted by Crippen LogP contribution is 2.23. The molecule has 26 heavy (non-hydrogen) atoms. The number of aromatic nitrogens is 3. The van der Waals surface area contributed by atoms with E-state index in [2.05, 4.69) is 31.7 Å². The Morgan fingerprint density at radius 3 is 2.69 bits per heavy atom. The van der Waals surface area contributed by atoms with Gasteiger partial charge in [0.15, 0.2) is 5.58 Å². The van der Waals surface area contributed by atoms with E-state index >= 15 is 0 Å². The largest absolute Gasteiger partial charge is 0.497 e. The van der Waals surface area contributed by atoms with Crippen LogP contribution in [-0.2, 0) is 6.54 Å². The second-order valence-corrected chi connectivity index (χ2v) is 6.61. The zero-order valence-electron chi connectivity index (χ0n) is 15.4. The standard InChI is InChI=1S/C19H23N5O2/c1-13-14(2)20-12-21-19(13)24-8-6-23(7-9-24)11-18-22-16-5-4-15(25-3)10-17(16)26-18/h4-5,10,12H,6-9,11H2,1-3H3. The molecule has 1 aliphatic heterocycles. The highest BCUT2D eigenvalue weighted by Gasteiger charge is 2.21. The van der Waals surface area contributed by atoms with Gasteiger partial charge in [-0.05, 0) is 26.0 Å². The molecule has 0 spiro atoms. The lowest BCUT2D eigenvalue weighted by Crippen LogP contribution is -2.46. The lowest BCUT2D eigenvalue weighted by atomic mass is 10.2. The molecule has 0 saturated carbocycles. The summed E-state index contributed by atoms with van der Waals surface area (Å²) < 4.78 is 11.1. The van der Waals surface area contributed by atoms with Gasteiger partial charge in [-0.25, -0.2) is 15.0 Å². The molecule has 3 heterocycles. The Balaban J connectivity index is 1.41. The summed E-state index contributed by atoms with van der Waals surface area (Å²) in [5, 5.41) is 0. The number of rotatable bonds is 4. The molecule has 0 aliphatic carbocycles. The predicted molar refractivity (Wildman–Crippen MR) is 99.6 cm³/mol. The van der Waals surface area contributed by atoms with Crippen LogP contribution in [0.2, 0.25) is 0 Å². The number of methoxy groups -OCH3 is 1. The molecule has 0 N–H and O–H groups in total. The number of anilines is 1. The molecule has 2 aromatic heterocycles. The number of aryl methyl sites for hydroxylation is 1. The summed E-state index contributed by atoms with van der Waals surface area (Å²) in [6.45, 7) is 8.60. The van der Waals surface area contributed by atoms with E-state index in [1.165, 1.54) is 0 Å². The van der Waals surface area contributed by atoms with Crippen LogP contribution in [0.1, 0.15) is 17.1 Å². The summed E-state index contributed by atoms with van der Waals surface area (Å²) >= 11 is 0. The van der Waals surface area contributed by atoms with Gasteiger partial charge in [-0.3, -0.25) is 4.90 Å². The topological polar surface area (TPSA) is 67.5 Å². The minimum Gasteiger partial charge on any atom is -0.497 e. The lowest BCUT2D eigenvalue weighted by molar-refractivity contribution is 0.228. The fourth-order valence-electron chi connectivity index (χ4n) is 3.30. The van der Waals surface area contributed by atoms with Gasteiger partial charge in [-0.15, -0.1) is 0 Å². The Morgan fingerprint density at radius 2 is 1.92 bits per heavy atom. The van der Waals surface area contributed by atoms with Crippen molar-refractivity contribution in [1.29, 1.82) is 0 Å². The summed E-state index contributed by atoms with van der Waals surface area (Å²) in [7, 11) is 1.65. The van der Waals surface area contributed by atoms with Gasteiger partial charge in [0.05, 0.1) is 13.7 Å². The number of nitrogens with zero attached hydrogens (tertiary/aromatic N) is 5. The first-order chi connectivity index (χ1) is 12.6. The van der Waals surface area contributed by atoms with Gasteiger partial charge in [0.2, 0.25) is 5.89 Å². The molecule has 1 saturated heterocycles. The average Bonchev–Trinajstić information content (AvgIpc) is 3.06. The third-order valence-corrected chi connectivity index (χ3v) is 4.98. The first-order valence-electron chi connectivity index (χ1n) is 8.83. The maximum atomic E-state index is 5.89. The molecule has 7 heteroatoms. The molecule has 0 amide bonds. The highest BCUT2D eigenvalue weighted by molar-refractivity contribution is 5.74. The predicted octanol–water partition coefficient (Wildman–Crippen LogP) is 2.57. The van der Waals surface area contributed by atoms with Gasteiger partial charge in [0.1, 0.15) is 23.4 Å². The van der Waals surface area contributed by atoms with Crippen molar-refractivity contribution < 1.29 is 9.15 Å². The zero-order chi connectivity index (χ0) is 18.1. The van der Waals surface area contributed by atoms with Crippen molar-refractivity contribution in [3.63, 3.8) is 0 Å². The molecule has 1 aliphatic rings. The molecule has 0 radical (unpaired) electrons. The van der Waals surface area contributed by atoms with Crippen LogP contribution in [0.15, 0.2) is 28.9 Å². The number of piperazine rings is 1. The molecular weight excluding hydrogens is 330 g/mol. The Hall–Kier alpha value is -2.67. The van der Waals surface area contributed by atoms with Crippen molar-refractivity contribution >= 4 is 16.9 Å². The van der Waals surface area contributed by atoms with E-state index in [4.69, 9.17) is 9.15 Å². The molecular formula is C19H23N5O2. The number of oxazole rings is 1. The third kappa shape index (κ3) is 3.22. The lowest BCUT2D eigenvalue weighted by Gasteiger charge is -2.35. The SMILES string of the molecule is COc1ccc2nc(CN3CCN(c4ncnc(C)c4C)CC3)oc2c1. The molecule has 136 valence electrons. The normalized spacial score (nSPS) is 15.6. The van der Waals surface area contributed by atoms with E-state index in [9.17, 15) is 0 Å². The van der Waals surface area contributed by atoms with Crippen molar-refractivity contribution in [2.75, 3.05) is 38.2 Å². The van der Waals surface area contributed by atoms with E-state index in [-0.39, 0.29) is 0 Å². The van der Waals surface area contributed by atoms with E-state index in [1.54, 1.807) is 13.4 Å². The Labute approximate surface area is 152 Å². The number of ether oxygens (including phenoxy) is 1.